The summed E-state index contributed by atoms with van der Waals surface area (Å²) in [6, 6.07) is 20.3. The van der Waals surface area contributed by atoms with Gasteiger partial charge in [0.1, 0.15) is 0 Å². The number of rotatable bonds is 6. The summed E-state index contributed by atoms with van der Waals surface area (Å²) in [4.78, 5) is 12.4. The van der Waals surface area contributed by atoms with E-state index in [0.717, 1.165) is 24.1 Å². The fraction of sp³-hybridized carbons (Fsp3) is 0.333. The molecule has 1 saturated carbocycles. The van der Waals surface area contributed by atoms with Crippen molar-refractivity contribution in [2.75, 3.05) is 0 Å². The molecule has 0 aromatic heterocycles. The number of carbonyl (C=O) groups is 1. The van der Waals surface area contributed by atoms with Crippen LogP contribution in [0.2, 0.25) is 0 Å². The van der Waals surface area contributed by atoms with Crippen LogP contribution in [0.3, 0.4) is 0 Å². The minimum absolute atomic E-state index is 0.0287. The van der Waals surface area contributed by atoms with E-state index < -0.39 is 0 Å². The van der Waals surface area contributed by atoms with E-state index in [0.29, 0.717) is 11.8 Å². The number of carbonyl (C=O) groups excluding carboxylic acids is 1. The molecule has 0 heterocycles. The molecule has 1 aliphatic carbocycles. The molecule has 24 heavy (non-hydrogen) atoms. The minimum Gasteiger partial charge on any atom is -0.273 e. The summed E-state index contributed by atoms with van der Waals surface area (Å²) in [6.45, 7) is 4.32. The molecule has 0 bridgehead atoms. The van der Waals surface area contributed by atoms with Crippen LogP contribution in [-0.4, -0.2) is 11.6 Å². The van der Waals surface area contributed by atoms with Crippen LogP contribution in [-0.2, 0) is 4.79 Å². The van der Waals surface area contributed by atoms with Crippen molar-refractivity contribution >= 4 is 11.6 Å². The molecule has 1 aliphatic rings. The van der Waals surface area contributed by atoms with Gasteiger partial charge in [0, 0.05) is 5.92 Å². The van der Waals surface area contributed by atoms with Gasteiger partial charge < -0.3 is 0 Å². The first-order valence-electron chi connectivity index (χ1n) is 8.62. The first-order chi connectivity index (χ1) is 11.6. The maximum Gasteiger partial charge on any atom is 0.243 e. The number of benzene rings is 2. The highest BCUT2D eigenvalue weighted by Gasteiger charge is 2.43. The van der Waals surface area contributed by atoms with E-state index >= 15 is 0 Å². The molecule has 124 valence electrons. The topological polar surface area (TPSA) is 41.5 Å². The average molecular weight is 320 g/mol. The number of hydrazone groups is 1. The van der Waals surface area contributed by atoms with E-state index in [1.54, 1.807) is 0 Å². The van der Waals surface area contributed by atoms with Crippen LogP contribution in [0, 0.1) is 11.8 Å². The minimum atomic E-state index is 0.0287. The summed E-state index contributed by atoms with van der Waals surface area (Å²) in [6.07, 6.45) is 1.76. The molecule has 0 unspecified atom stereocenters. The SMILES string of the molecule is CC(C)C/C(=N/NC(=O)[C@@H]1C[C@H]1c1ccccc1)c1ccccc1. The lowest BCUT2D eigenvalue weighted by Crippen LogP contribution is -2.22. The van der Waals surface area contributed by atoms with Crippen LogP contribution < -0.4 is 5.43 Å². The van der Waals surface area contributed by atoms with Crippen molar-refractivity contribution in [1.82, 2.24) is 5.43 Å². The first-order valence-corrected chi connectivity index (χ1v) is 8.62. The third kappa shape index (κ3) is 4.10. The number of amides is 1. The molecule has 0 spiro atoms. The Morgan fingerprint density at radius 1 is 1.08 bits per heavy atom. The zero-order valence-electron chi connectivity index (χ0n) is 14.3. The predicted molar refractivity (Wildman–Crippen MR) is 97.9 cm³/mol. The first kappa shape index (κ1) is 16.4. The molecule has 2 aromatic carbocycles. The fourth-order valence-electron chi connectivity index (χ4n) is 3.00. The number of hydrogen-bond acceptors (Lipinski definition) is 2. The second kappa shape index (κ2) is 7.43. The van der Waals surface area contributed by atoms with Gasteiger partial charge in [0.15, 0.2) is 0 Å². The molecule has 1 N–H and O–H groups in total. The van der Waals surface area contributed by atoms with Crippen LogP contribution in [0.1, 0.15) is 43.7 Å². The number of hydrogen-bond donors (Lipinski definition) is 1. The molecule has 2 aromatic rings. The fourth-order valence-corrected chi connectivity index (χ4v) is 3.00. The van der Waals surface area contributed by atoms with Gasteiger partial charge in [-0.3, -0.25) is 4.79 Å². The van der Waals surface area contributed by atoms with Gasteiger partial charge in [0.05, 0.1) is 5.71 Å². The van der Waals surface area contributed by atoms with Crippen molar-refractivity contribution in [3.63, 3.8) is 0 Å². The van der Waals surface area contributed by atoms with Crippen molar-refractivity contribution in [2.45, 2.75) is 32.6 Å². The molecule has 2 atom stereocenters. The molecule has 3 heteroatoms. The third-order valence-corrected chi connectivity index (χ3v) is 4.36. The van der Waals surface area contributed by atoms with Crippen molar-refractivity contribution in [3.8, 4) is 0 Å². The molecular formula is C21H24N2O. The quantitative estimate of drug-likeness (QED) is 0.623. The monoisotopic (exact) mass is 320 g/mol. The lowest BCUT2D eigenvalue weighted by molar-refractivity contribution is -0.122. The van der Waals surface area contributed by atoms with Gasteiger partial charge in [-0.25, -0.2) is 5.43 Å². The van der Waals surface area contributed by atoms with Crippen molar-refractivity contribution in [2.24, 2.45) is 16.9 Å². The summed E-state index contributed by atoms with van der Waals surface area (Å²) < 4.78 is 0. The van der Waals surface area contributed by atoms with Crippen LogP contribution in [0.15, 0.2) is 65.8 Å². The van der Waals surface area contributed by atoms with Crippen molar-refractivity contribution in [1.29, 1.82) is 0 Å². The second-order valence-corrected chi connectivity index (χ2v) is 6.86. The molecule has 0 aliphatic heterocycles. The van der Waals surface area contributed by atoms with E-state index in [1.165, 1.54) is 5.56 Å². The highest BCUT2D eigenvalue weighted by molar-refractivity contribution is 6.01. The molecule has 1 amide bonds. The van der Waals surface area contributed by atoms with Crippen LogP contribution in [0.4, 0.5) is 0 Å². The Balaban J connectivity index is 1.65. The lowest BCUT2D eigenvalue weighted by atomic mass is 10.0. The summed E-state index contributed by atoms with van der Waals surface area (Å²) >= 11 is 0. The Labute approximate surface area is 143 Å². The van der Waals surface area contributed by atoms with Gasteiger partial charge in [-0.1, -0.05) is 74.5 Å². The van der Waals surface area contributed by atoms with Crippen LogP contribution in [0.25, 0.3) is 0 Å². The maximum atomic E-state index is 12.4. The van der Waals surface area contributed by atoms with Gasteiger partial charge in [-0.2, -0.15) is 5.10 Å². The van der Waals surface area contributed by atoms with E-state index in [1.807, 2.05) is 48.5 Å². The molecular weight excluding hydrogens is 296 g/mol. The standard InChI is InChI=1S/C21H24N2O/c1-15(2)13-20(17-11-7-4-8-12-17)22-23-21(24)19-14-18(19)16-9-5-3-6-10-16/h3-12,15,18-19H,13-14H2,1-2H3,(H,23,24)/b22-20-/t18-,19+/m0/s1. The van der Waals surface area contributed by atoms with Gasteiger partial charge >= 0.3 is 0 Å². The average Bonchev–Trinajstić information content (AvgIpc) is 3.40. The molecule has 1 fully saturated rings. The Kier molecular flexibility index (Phi) is 5.09. The van der Waals surface area contributed by atoms with Crippen LogP contribution >= 0.6 is 0 Å². The highest BCUT2D eigenvalue weighted by Crippen LogP contribution is 2.47. The second-order valence-electron chi connectivity index (χ2n) is 6.86. The van der Waals surface area contributed by atoms with E-state index in [-0.39, 0.29) is 11.8 Å². The van der Waals surface area contributed by atoms with Gasteiger partial charge in [0.2, 0.25) is 5.91 Å². The summed E-state index contributed by atoms with van der Waals surface area (Å²) in [5, 5.41) is 4.44. The van der Waals surface area contributed by atoms with Crippen molar-refractivity contribution < 1.29 is 4.79 Å². The lowest BCUT2D eigenvalue weighted by Gasteiger charge is -2.10. The summed E-state index contributed by atoms with van der Waals surface area (Å²) in [5.74, 6) is 0.902. The zero-order valence-corrected chi connectivity index (χ0v) is 14.3. The summed E-state index contributed by atoms with van der Waals surface area (Å²) in [7, 11) is 0. The molecule has 3 rings (SSSR count). The van der Waals surface area contributed by atoms with E-state index in [9.17, 15) is 4.79 Å². The normalized spacial score (nSPS) is 20.0. The third-order valence-electron chi connectivity index (χ3n) is 4.36. The number of nitrogens with one attached hydrogen (secondary N) is 1. The van der Waals surface area contributed by atoms with Gasteiger partial charge in [-0.05, 0) is 35.8 Å². The Bertz CT molecular complexity index is 707. The van der Waals surface area contributed by atoms with Gasteiger partial charge in [0.25, 0.3) is 0 Å². The summed E-state index contributed by atoms with van der Waals surface area (Å²) in [5.41, 5.74) is 6.05. The molecule has 0 radical (unpaired) electrons. The Morgan fingerprint density at radius 3 is 2.33 bits per heavy atom. The smallest absolute Gasteiger partial charge is 0.243 e. The molecule has 3 nitrogen and oxygen atoms in total. The van der Waals surface area contributed by atoms with Crippen molar-refractivity contribution in [3.05, 3.63) is 71.8 Å². The Hall–Kier alpha value is -2.42. The van der Waals surface area contributed by atoms with E-state index in [2.05, 4.69) is 36.5 Å². The van der Waals surface area contributed by atoms with Crippen LogP contribution in [0.5, 0.6) is 0 Å². The number of nitrogens with zero attached hydrogens (tertiary/aromatic N) is 1. The van der Waals surface area contributed by atoms with Gasteiger partial charge in [-0.15, -0.1) is 0 Å². The molecule has 0 saturated heterocycles. The zero-order chi connectivity index (χ0) is 16.9. The Morgan fingerprint density at radius 2 is 1.71 bits per heavy atom. The largest absolute Gasteiger partial charge is 0.273 e. The van der Waals surface area contributed by atoms with E-state index in [4.69, 9.17) is 0 Å². The maximum absolute atomic E-state index is 12.4. The highest BCUT2D eigenvalue weighted by atomic mass is 16.2. The predicted octanol–water partition coefficient (Wildman–Crippen LogP) is 4.36.